The van der Waals surface area contributed by atoms with Crippen LogP contribution in [0.4, 0.5) is 0 Å². The number of hydrogen-bond acceptors (Lipinski definition) is 2. The molecule has 1 rings (SSSR count). The van der Waals surface area contributed by atoms with Crippen LogP contribution in [-0.2, 0) is 4.79 Å². The molecular formula is C6H8O2. The lowest BCUT2D eigenvalue weighted by molar-refractivity contribution is -0.105. The summed E-state index contributed by atoms with van der Waals surface area (Å²) in [6.07, 6.45) is 3.58. The van der Waals surface area contributed by atoms with E-state index in [-0.39, 0.29) is 0 Å². The van der Waals surface area contributed by atoms with Crippen molar-refractivity contribution in [3.05, 3.63) is 11.6 Å². The van der Waals surface area contributed by atoms with Gasteiger partial charge in [0.2, 0.25) is 0 Å². The molecule has 0 fully saturated rings. The highest BCUT2D eigenvalue weighted by Gasteiger charge is 2.13. The number of carbonyl (C=O) groups is 1. The monoisotopic (exact) mass is 112 g/mol. The summed E-state index contributed by atoms with van der Waals surface area (Å²) >= 11 is 0. The van der Waals surface area contributed by atoms with Gasteiger partial charge < -0.3 is 5.11 Å². The molecular weight excluding hydrogens is 104 g/mol. The minimum Gasteiger partial charge on any atom is -0.388 e. The van der Waals surface area contributed by atoms with Crippen LogP contribution < -0.4 is 0 Å². The number of carbonyl (C=O) groups excluding carboxylic acids is 1. The predicted molar refractivity (Wildman–Crippen MR) is 29.4 cm³/mol. The van der Waals surface area contributed by atoms with Gasteiger partial charge in [-0.3, -0.25) is 4.79 Å². The van der Waals surface area contributed by atoms with Gasteiger partial charge in [0.25, 0.3) is 0 Å². The van der Waals surface area contributed by atoms with Crippen LogP contribution in [0.25, 0.3) is 0 Å². The van der Waals surface area contributed by atoms with Crippen LogP contribution in [-0.4, -0.2) is 17.5 Å². The minimum absolute atomic E-state index is 0.479. The first-order valence-corrected chi connectivity index (χ1v) is 2.68. The molecule has 1 atom stereocenters. The summed E-state index contributed by atoms with van der Waals surface area (Å²) in [6.45, 7) is 0. The molecule has 0 bridgehead atoms. The SMILES string of the molecule is O=CC1=CCCC1O. The Kier molecular flexibility index (Phi) is 1.44. The zero-order valence-electron chi connectivity index (χ0n) is 4.50. The Balaban J connectivity index is 2.62. The fraction of sp³-hybridized carbons (Fsp3) is 0.500. The van der Waals surface area contributed by atoms with Gasteiger partial charge in [-0.25, -0.2) is 0 Å². The second kappa shape index (κ2) is 2.09. The molecule has 0 aromatic rings. The standard InChI is InChI=1S/C6H8O2/c7-4-5-2-1-3-6(5)8/h2,4,6,8H,1,3H2. The fourth-order valence-electron chi connectivity index (χ4n) is 0.837. The van der Waals surface area contributed by atoms with E-state index in [9.17, 15) is 4.79 Å². The number of aldehydes is 1. The topological polar surface area (TPSA) is 37.3 Å². The average Bonchev–Trinajstić information content (AvgIpc) is 2.14. The number of aliphatic hydroxyl groups is 1. The van der Waals surface area contributed by atoms with Gasteiger partial charge in [0.1, 0.15) is 6.29 Å². The van der Waals surface area contributed by atoms with Gasteiger partial charge in [-0.15, -0.1) is 0 Å². The van der Waals surface area contributed by atoms with E-state index >= 15 is 0 Å². The highest BCUT2D eigenvalue weighted by molar-refractivity contribution is 5.75. The lowest BCUT2D eigenvalue weighted by Gasteiger charge is -1.97. The quantitative estimate of drug-likeness (QED) is 0.494. The molecule has 1 unspecified atom stereocenters. The van der Waals surface area contributed by atoms with Gasteiger partial charge >= 0.3 is 0 Å². The molecule has 0 radical (unpaired) electrons. The van der Waals surface area contributed by atoms with Crippen molar-refractivity contribution < 1.29 is 9.90 Å². The Morgan fingerprint density at radius 3 is 2.88 bits per heavy atom. The fourth-order valence-corrected chi connectivity index (χ4v) is 0.837. The third kappa shape index (κ3) is 0.793. The summed E-state index contributed by atoms with van der Waals surface area (Å²) in [5, 5.41) is 8.89. The highest BCUT2D eigenvalue weighted by atomic mass is 16.3. The van der Waals surface area contributed by atoms with E-state index in [1.54, 1.807) is 6.08 Å². The first kappa shape index (κ1) is 5.51. The number of hydrogen-bond donors (Lipinski definition) is 1. The number of rotatable bonds is 1. The summed E-state index contributed by atoms with van der Waals surface area (Å²) in [7, 11) is 0. The molecule has 0 heterocycles. The molecule has 0 saturated heterocycles. The number of aliphatic hydroxyl groups excluding tert-OH is 1. The van der Waals surface area contributed by atoms with Crippen LogP contribution in [0, 0.1) is 0 Å². The molecule has 8 heavy (non-hydrogen) atoms. The van der Waals surface area contributed by atoms with Gasteiger partial charge in [0, 0.05) is 5.57 Å². The van der Waals surface area contributed by atoms with Crippen molar-refractivity contribution in [3.8, 4) is 0 Å². The van der Waals surface area contributed by atoms with E-state index in [0.29, 0.717) is 12.0 Å². The second-order valence-electron chi connectivity index (χ2n) is 1.92. The van der Waals surface area contributed by atoms with Gasteiger partial charge in [-0.05, 0) is 12.8 Å². The van der Waals surface area contributed by atoms with E-state index in [0.717, 1.165) is 12.7 Å². The zero-order chi connectivity index (χ0) is 5.98. The lowest BCUT2D eigenvalue weighted by Crippen LogP contribution is -2.04. The summed E-state index contributed by atoms with van der Waals surface area (Å²) in [5.41, 5.74) is 0.546. The maximum Gasteiger partial charge on any atom is 0.148 e. The molecule has 1 aliphatic rings. The summed E-state index contributed by atoms with van der Waals surface area (Å²) in [6, 6.07) is 0. The Hall–Kier alpha value is -0.630. The molecule has 0 aromatic heterocycles. The van der Waals surface area contributed by atoms with Gasteiger partial charge in [-0.1, -0.05) is 6.08 Å². The molecule has 0 spiro atoms. The van der Waals surface area contributed by atoms with Crippen molar-refractivity contribution in [1.29, 1.82) is 0 Å². The zero-order valence-corrected chi connectivity index (χ0v) is 4.50. The first-order valence-electron chi connectivity index (χ1n) is 2.68. The van der Waals surface area contributed by atoms with Gasteiger partial charge in [-0.2, -0.15) is 0 Å². The van der Waals surface area contributed by atoms with Crippen LogP contribution >= 0.6 is 0 Å². The predicted octanol–water partition coefficient (Wildman–Crippen LogP) is 0.266. The minimum atomic E-state index is -0.479. The molecule has 0 saturated carbocycles. The van der Waals surface area contributed by atoms with Crippen LogP contribution in [0.15, 0.2) is 11.6 Å². The van der Waals surface area contributed by atoms with Crippen molar-refractivity contribution >= 4 is 6.29 Å². The molecule has 44 valence electrons. The van der Waals surface area contributed by atoms with Crippen LogP contribution in [0.5, 0.6) is 0 Å². The van der Waals surface area contributed by atoms with E-state index in [2.05, 4.69) is 0 Å². The molecule has 0 aliphatic heterocycles. The van der Waals surface area contributed by atoms with Crippen molar-refractivity contribution in [3.63, 3.8) is 0 Å². The van der Waals surface area contributed by atoms with E-state index in [1.165, 1.54) is 0 Å². The Labute approximate surface area is 47.8 Å². The van der Waals surface area contributed by atoms with Crippen LogP contribution in [0.1, 0.15) is 12.8 Å². The largest absolute Gasteiger partial charge is 0.388 e. The van der Waals surface area contributed by atoms with Crippen molar-refractivity contribution in [2.24, 2.45) is 0 Å². The van der Waals surface area contributed by atoms with E-state index < -0.39 is 6.10 Å². The van der Waals surface area contributed by atoms with Crippen LogP contribution in [0.2, 0.25) is 0 Å². The molecule has 0 amide bonds. The summed E-state index contributed by atoms with van der Waals surface area (Å²) in [4.78, 5) is 9.99. The van der Waals surface area contributed by atoms with Gasteiger partial charge in [0.15, 0.2) is 0 Å². The average molecular weight is 112 g/mol. The molecule has 0 aromatic carbocycles. The summed E-state index contributed by atoms with van der Waals surface area (Å²) < 4.78 is 0. The molecule has 2 nitrogen and oxygen atoms in total. The normalized spacial score (nSPS) is 27.6. The molecule has 2 heteroatoms. The van der Waals surface area contributed by atoms with Crippen LogP contribution in [0.3, 0.4) is 0 Å². The summed E-state index contributed by atoms with van der Waals surface area (Å²) in [5.74, 6) is 0. The Morgan fingerprint density at radius 2 is 2.62 bits per heavy atom. The number of allylic oxidation sites excluding steroid dienone is 1. The van der Waals surface area contributed by atoms with Crippen molar-refractivity contribution in [1.82, 2.24) is 0 Å². The maximum absolute atomic E-state index is 9.99. The maximum atomic E-state index is 9.99. The van der Waals surface area contributed by atoms with Gasteiger partial charge in [0.05, 0.1) is 6.10 Å². The lowest BCUT2D eigenvalue weighted by atomic mass is 10.2. The Bertz CT molecular complexity index is 126. The second-order valence-corrected chi connectivity index (χ2v) is 1.92. The third-order valence-corrected chi connectivity index (χ3v) is 1.34. The smallest absolute Gasteiger partial charge is 0.148 e. The van der Waals surface area contributed by atoms with Crippen molar-refractivity contribution in [2.75, 3.05) is 0 Å². The highest BCUT2D eigenvalue weighted by Crippen LogP contribution is 2.15. The third-order valence-electron chi connectivity index (χ3n) is 1.34. The van der Waals surface area contributed by atoms with Crippen molar-refractivity contribution in [2.45, 2.75) is 18.9 Å². The Morgan fingerprint density at radius 1 is 1.88 bits per heavy atom. The molecule has 1 N–H and O–H groups in total. The van der Waals surface area contributed by atoms with E-state index in [1.807, 2.05) is 0 Å². The molecule has 1 aliphatic carbocycles. The van der Waals surface area contributed by atoms with E-state index in [4.69, 9.17) is 5.11 Å². The first-order chi connectivity index (χ1) is 3.84.